The molecule has 0 N–H and O–H groups in total. The maximum absolute atomic E-state index is 11.4. The fraction of sp³-hybridized carbons (Fsp3) is 0.750. The average molecular weight is 211 g/mol. The second-order valence-electron chi connectivity index (χ2n) is 4.92. The van der Waals surface area contributed by atoms with Crippen molar-refractivity contribution in [2.24, 2.45) is 0 Å². The van der Waals surface area contributed by atoms with Crippen molar-refractivity contribution in [3.63, 3.8) is 0 Å². The van der Waals surface area contributed by atoms with E-state index in [0.717, 1.165) is 26.1 Å². The van der Waals surface area contributed by atoms with E-state index in [1.54, 1.807) is 0 Å². The highest BCUT2D eigenvalue weighted by Gasteiger charge is 2.16. The number of carbonyl (C=O) groups excluding carboxylic acids is 1. The zero-order valence-electron chi connectivity index (χ0n) is 9.95. The van der Waals surface area contributed by atoms with E-state index in [2.05, 4.69) is 17.1 Å². The van der Waals surface area contributed by atoms with Crippen LogP contribution < -0.4 is 0 Å². The second kappa shape index (κ2) is 5.31. The molecule has 0 saturated carbocycles. The van der Waals surface area contributed by atoms with Crippen LogP contribution in [0.4, 0.5) is 0 Å². The Morgan fingerprint density at radius 1 is 1.33 bits per heavy atom. The van der Waals surface area contributed by atoms with Gasteiger partial charge >= 0.3 is 5.97 Å². The molecule has 0 fully saturated rings. The first kappa shape index (κ1) is 12.2. The van der Waals surface area contributed by atoms with Crippen LogP contribution >= 0.6 is 0 Å². The third kappa shape index (κ3) is 5.57. The van der Waals surface area contributed by atoms with Crippen molar-refractivity contribution in [3.05, 3.63) is 12.2 Å². The lowest BCUT2D eigenvalue weighted by molar-refractivity contribution is -0.154. The van der Waals surface area contributed by atoms with E-state index in [1.807, 2.05) is 20.8 Å². The Morgan fingerprint density at radius 2 is 1.93 bits per heavy atom. The summed E-state index contributed by atoms with van der Waals surface area (Å²) in [4.78, 5) is 13.7. The van der Waals surface area contributed by atoms with Gasteiger partial charge in [0.15, 0.2) is 0 Å². The Labute approximate surface area is 92.1 Å². The van der Waals surface area contributed by atoms with E-state index < -0.39 is 0 Å². The van der Waals surface area contributed by atoms with E-state index in [0.29, 0.717) is 6.42 Å². The molecule has 1 aliphatic heterocycles. The Balaban J connectivity index is 2.07. The van der Waals surface area contributed by atoms with Crippen LogP contribution in [-0.4, -0.2) is 36.1 Å². The third-order valence-corrected chi connectivity index (χ3v) is 2.17. The maximum atomic E-state index is 11.4. The molecule has 3 heteroatoms. The first-order valence-electron chi connectivity index (χ1n) is 5.56. The second-order valence-corrected chi connectivity index (χ2v) is 4.92. The summed E-state index contributed by atoms with van der Waals surface area (Å²) in [5, 5.41) is 0. The van der Waals surface area contributed by atoms with Crippen molar-refractivity contribution in [1.82, 2.24) is 4.90 Å². The highest BCUT2D eigenvalue weighted by atomic mass is 16.6. The normalized spacial score (nSPS) is 17.0. The fourth-order valence-electron chi connectivity index (χ4n) is 1.54. The number of rotatable bonds is 4. The summed E-state index contributed by atoms with van der Waals surface area (Å²) in [7, 11) is 0. The molecule has 1 aliphatic rings. The molecule has 1 rings (SSSR count). The fourth-order valence-corrected chi connectivity index (χ4v) is 1.54. The first-order valence-corrected chi connectivity index (χ1v) is 5.56. The largest absolute Gasteiger partial charge is 0.460 e. The highest BCUT2D eigenvalue weighted by molar-refractivity contribution is 5.69. The highest BCUT2D eigenvalue weighted by Crippen LogP contribution is 2.09. The smallest absolute Gasteiger partial charge is 0.306 e. The topological polar surface area (TPSA) is 29.5 Å². The van der Waals surface area contributed by atoms with Crippen LogP contribution in [0.15, 0.2) is 12.2 Å². The van der Waals surface area contributed by atoms with Crippen molar-refractivity contribution in [2.45, 2.75) is 39.2 Å². The number of esters is 1. The van der Waals surface area contributed by atoms with Gasteiger partial charge in [0.05, 0.1) is 0 Å². The Bertz CT molecular complexity index is 232. The molecule has 0 amide bonds. The van der Waals surface area contributed by atoms with Gasteiger partial charge in [0.25, 0.3) is 0 Å². The molecule has 0 saturated heterocycles. The van der Waals surface area contributed by atoms with E-state index in [-0.39, 0.29) is 11.6 Å². The van der Waals surface area contributed by atoms with E-state index in [4.69, 9.17) is 4.74 Å². The molecule has 0 bridgehead atoms. The lowest BCUT2D eigenvalue weighted by atomic mass is 10.2. The van der Waals surface area contributed by atoms with Crippen LogP contribution in [-0.2, 0) is 9.53 Å². The van der Waals surface area contributed by atoms with Gasteiger partial charge in [-0.25, -0.2) is 0 Å². The zero-order chi connectivity index (χ0) is 11.3. The van der Waals surface area contributed by atoms with Gasteiger partial charge in [0.1, 0.15) is 5.60 Å². The summed E-state index contributed by atoms with van der Waals surface area (Å²) >= 11 is 0. The lowest BCUT2D eigenvalue weighted by Crippen LogP contribution is -2.25. The van der Waals surface area contributed by atoms with Gasteiger partial charge in [-0.05, 0) is 33.7 Å². The first-order chi connectivity index (χ1) is 6.97. The van der Waals surface area contributed by atoms with Crippen LogP contribution in [0, 0.1) is 0 Å². The minimum absolute atomic E-state index is 0.0883. The van der Waals surface area contributed by atoms with Crippen molar-refractivity contribution >= 4 is 5.97 Å². The quantitative estimate of drug-likeness (QED) is 0.526. The van der Waals surface area contributed by atoms with Crippen LogP contribution in [0.25, 0.3) is 0 Å². The molecule has 0 atom stereocenters. The number of carbonyl (C=O) groups is 1. The van der Waals surface area contributed by atoms with Gasteiger partial charge < -0.3 is 4.74 Å². The lowest BCUT2D eigenvalue weighted by Gasteiger charge is -2.20. The minimum atomic E-state index is -0.355. The van der Waals surface area contributed by atoms with E-state index in [1.165, 1.54) is 0 Å². The summed E-state index contributed by atoms with van der Waals surface area (Å²) in [6, 6.07) is 0. The summed E-state index contributed by atoms with van der Waals surface area (Å²) in [5.74, 6) is -0.0883. The van der Waals surface area contributed by atoms with Crippen LogP contribution in [0.2, 0.25) is 0 Å². The van der Waals surface area contributed by atoms with Crippen molar-refractivity contribution in [2.75, 3.05) is 19.6 Å². The van der Waals surface area contributed by atoms with Crippen LogP contribution in [0.3, 0.4) is 0 Å². The number of hydrogen-bond acceptors (Lipinski definition) is 3. The molecule has 1 heterocycles. The van der Waals surface area contributed by atoms with Gasteiger partial charge in [-0.3, -0.25) is 9.69 Å². The molecule has 0 aromatic heterocycles. The molecule has 0 unspecified atom stereocenters. The molecule has 3 nitrogen and oxygen atoms in total. The molecule has 0 aliphatic carbocycles. The van der Waals surface area contributed by atoms with Gasteiger partial charge in [-0.15, -0.1) is 0 Å². The van der Waals surface area contributed by atoms with Gasteiger partial charge in [0.2, 0.25) is 0 Å². The van der Waals surface area contributed by atoms with Crippen molar-refractivity contribution in [3.8, 4) is 0 Å². The molecule has 0 radical (unpaired) electrons. The van der Waals surface area contributed by atoms with E-state index >= 15 is 0 Å². The number of ether oxygens (including phenoxy) is 1. The maximum Gasteiger partial charge on any atom is 0.306 e. The molecular formula is C12H21NO2. The van der Waals surface area contributed by atoms with Crippen molar-refractivity contribution < 1.29 is 9.53 Å². The standard InChI is InChI=1S/C12H21NO2/c1-12(2,3)15-11(14)7-6-10-13-8-4-5-9-13/h4-5H,6-10H2,1-3H3. The monoisotopic (exact) mass is 211 g/mol. The number of hydrogen-bond donors (Lipinski definition) is 0. The SMILES string of the molecule is CC(C)(C)OC(=O)CCCN1CC=CC1. The van der Waals surface area contributed by atoms with Gasteiger partial charge in [-0.2, -0.15) is 0 Å². The summed E-state index contributed by atoms with van der Waals surface area (Å²) < 4.78 is 5.23. The summed E-state index contributed by atoms with van der Waals surface area (Å²) in [5.41, 5.74) is -0.355. The zero-order valence-corrected chi connectivity index (χ0v) is 9.95. The predicted molar refractivity (Wildman–Crippen MR) is 60.7 cm³/mol. The Hall–Kier alpha value is -0.830. The Morgan fingerprint density at radius 3 is 2.47 bits per heavy atom. The third-order valence-electron chi connectivity index (χ3n) is 2.17. The van der Waals surface area contributed by atoms with Crippen molar-refractivity contribution in [1.29, 1.82) is 0 Å². The van der Waals surface area contributed by atoms with Gasteiger partial charge in [0, 0.05) is 19.5 Å². The molecule has 0 spiro atoms. The molecule has 0 aromatic carbocycles. The van der Waals surface area contributed by atoms with Crippen LogP contribution in [0.1, 0.15) is 33.6 Å². The van der Waals surface area contributed by atoms with Crippen LogP contribution in [0.5, 0.6) is 0 Å². The molecule has 0 aromatic rings. The number of nitrogens with zero attached hydrogens (tertiary/aromatic N) is 1. The minimum Gasteiger partial charge on any atom is -0.460 e. The molecular weight excluding hydrogens is 190 g/mol. The summed E-state index contributed by atoms with van der Waals surface area (Å²) in [6.45, 7) is 8.72. The Kier molecular flexibility index (Phi) is 4.33. The molecule has 86 valence electrons. The molecule has 15 heavy (non-hydrogen) atoms. The van der Waals surface area contributed by atoms with Gasteiger partial charge in [-0.1, -0.05) is 12.2 Å². The predicted octanol–water partition coefficient (Wildman–Crippen LogP) is 1.98. The summed E-state index contributed by atoms with van der Waals surface area (Å²) in [6.07, 6.45) is 5.73. The van der Waals surface area contributed by atoms with E-state index in [9.17, 15) is 4.79 Å². The average Bonchev–Trinajstić information content (AvgIpc) is 2.53.